The largest absolute Gasteiger partial charge is 0.481 e. The van der Waals surface area contributed by atoms with E-state index in [-0.39, 0.29) is 5.82 Å². The molecule has 1 saturated heterocycles. The molecule has 1 fully saturated rings. The van der Waals surface area contributed by atoms with E-state index in [1.54, 1.807) is 12.1 Å². The van der Waals surface area contributed by atoms with E-state index >= 15 is 0 Å². The highest BCUT2D eigenvalue weighted by molar-refractivity contribution is 5.81. The number of rotatable bonds is 3. The van der Waals surface area contributed by atoms with Crippen LogP contribution in [0.4, 0.5) is 4.39 Å². The molecule has 0 spiro atoms. The maximum Gasteiger partial charge on any atom is 0.314 e. The average Bonchev–Trinajstić information content (AvgIpc) is 2.38. The van der Waals surface area contributed by atoms with Crippen molar-refractivity contribution in [3.8, 4) is 0 Å². The fraction of sp³-hybridized carbons (Fsp3) is 0.533. The molecule has 1 aromatic carbocycles. The summed E-state index contributed by atoms with van der Waals surface area (Å²) in [4.78, 5) is 14.0. The van der Waals surface area contributed by atoms with E-state index in [9.17, 15) is 14.3 Å². The first kappa shape index (κ1) is 14.0. The number of carboxylic acid groups (broad SMARTS) is 1. The van der Waals surface area contributed by atoms with Crippen molar-refractivity contribution in [3.05, 3.63) is 35.6 Å². The van der Waals surface area contributed by atoms with Crippen LogP contribution in [0.25, 0.3) is 0 Å². The van der Waals surface area contributed by atoms with Crippen LogP contribution in [0, 0.1) is 5.82 Å². The van der Waals surface area contributed by atoms with E-state index in [4.69, 9.17) is 0 Å². The summed E-state index contributed by atoms with van der Waals surface area (Å²) in [6.07, 6.45) is 1.06. The van der Waals surface area contributed by atoms with Crippen LogP contribution in [0.5, 0.6) is 0 Å². The predicted molar refractivity (Wildman–Crippen MR) is 71.7 cm³/mol. The van der Waals surface area contributed by atoms with E-state index < -0.39 is 11.4 Å². The molecule has 1 aliphatic heterocycles. The number of carboxylic acids is 1. The summed E-state index contributed by atoms with van der Waals surface area (Å²) in [7, 11) is 0. The Morgan fingerprint density at radius 3 is 2.47 bits per heavy atom. The SMILES string of the molecule is CC(C)N1CCC(C(=O)O)(c2cccc(F)c2)CC1. The van der Waals surface area contributed by atoms with Crippen LogP contribution in [0.15, 0.2) is 24.3 Å². The molecule has 2 rings (SSSR count). The van der Waals surface area contributed by atoms with Crippen molar-refractivity contribution >= 4 is 5.97 Å². The molecule has 0 saturated carbocycles. The van der Waals surface area contributed by atoms with Gasteiger partial charge >= 0.3 is 5.97 Å². The van der Waals surface area contributed by atoms with Gasteiger partial charge in [0.25, 0.3) is 0 Å². The highest BCUT2D eigenvalue weighted by Gasteiger charge is 2.43. The van der Waals surface area contributed by atoms with Gasteiger partial charge in [-0.05, 0) is 57.5 Å². The van der Waals surface area contributed by atoms with E-state index in [0.29, 0.717) is 24.4 Å². The Balaban J connectivity index is 2.29. The maximum atomic E-state index is 13.4. The molecule has 104 valence electrons. The van der Waals surface area contributed by atoms with Gasteiger partial charge in [0.15, 0.2) is 0 Å². The number of piperidine rings is 1. The Hall–Kier alpha value is -1.42. The molecular weight excluding hydrogens is 245 g/mol. The second kappa shape index (κ2) is 5.29. The molecule has 19 heavy (non-hydrogen) atoms. The standard InChI is InChI=1S/C15H20FNO2/c1-11(2)17-8-6-15(7-9-17,14(18)19)12-4-3-5-13(16)10-12/h3-5,10-11H,6-9H2,1-2H3,(H,18,19). The Kier molecular flexibility index (Phi) is 3.90. The summed E-state index contributed by atoms with van der Waals surface area (Å²) in [5.74, 6) is -1.22. The van der Waals surface area contributed by atoms with Crippen LogP contribution >= 0.6 is 0 Å². The van der Waals surface area contributed by atoms with Crippen LogP contribution < -0.4 is 0 Å². The van der Waals surface area contributed by atoms with E-state index in [1.165, 1.54) is 12.1 Å². The molecule has 1 heterocycles. The number of aliphatic carboxylic acids is 1. The van der Waals surface area contributed by atoms with Gasteiger partial charge in [0.2, 0.25) is 0 Å². The topological polar surface area (TPSA) is 40.5 Å². The molecule has 1 N–H and O–H groups in total. The predicted octanol–water partition coefficient (Wildman–Crippen LogP) is 2.65. The van der Waals surface area contributed by atoms with Gasteiger partial charge in [-0.15, -0.1) is 0 Å². The Bertz CT molecular complexity index is 465. The molecule has 3 nitrogen and oxygen atoms in total. The van der Waals surface area contributed by atoms with Crippen molar-refractivity contribution in [1.29, 1.82) is 0 Å². The molecule has 0 aliphatic carbocycles. The minimum absolute atomic E-state index is 0.371. The highest BCUT2D eigenvalue weighted by atomic mass is 19.1. The summed E-state index contributed by atoms with van der Waals surface area (Å²) in [6.45, 7) is 5.69. The highest BCUT2D eigenvalue weighted by Crippen LogP contribution is 2.36. The fourth-order valence-corrected chi connectivity index (χ4v) is 2.83. The van der Waals surface area contributed by atoms with E-state index in [0.717, 1.165) is 13.1 Å². The van der Waals surface area contributed by atoms with Gasteiger partial charge in [0.05, 0.1) is 5.41 Å². The second-order valence-corrected chi connectivity index (χ2v) is 5.53. The summed E-state index contributed by atoms with van der Waals surface area (Å²) in [6, 6.07) is 6.44. The summed E-state index contributed by atoms with van der Waals surface area (Å²) in [5, 5.41) is 9.62. The molecule has 1 aliphatic rings. The number of likely N-dealkylation sites (tertiary alicyclic amines) is 1. The molecule has 0 bridgehead atoms. The molecule has 1 aromatic rings. The van der Waals surface area contributed by atoms with E-state index in [1.807, 2.05) is 0 Å². The summed E-state index contributed by atoms with van der Waals surface area (Å²) < 4.78 is 13.4. The normalized spacial score (nSPS) is 19.6. The average molecular weight is 265 g/mol. The quantitative estimate of drug-likeness (QED) is 0.913. The number of nitrogens with zero attached hydrogens (tertiary/aromatic N) is 1. The molecule has 0 aromatic heterocycles. The van der Waals surface area contributed by atoms with Gasteiger partial charge in [0.1, 0.15) is 5.82 Å². The lowest BCUT2D eigenvalue weighted by atomic mass is 9.72. The zero-order valence-corrected chi connectivity index (χ0v) is 11.4. The maximum absolute atomic E-state index is 13.4. The third kappa shape index (κ3) is 2.63. The first-order valence-electron chi connectivity index (χ1n) is 6.69. The Morgan fingerprint density at radius 1 is 1.37 bits per heavy atom. The third-order valence-electron chi connectivity index (χ3n) is 4.17. The first-order chi connectivity index (χ1) is 8.95. The van der Waals surface area contributed by atoms with Gasteiger partial charge < -0.3 is 10.0 Å². The lowest BCUT2D eigenvalue weighted by molar-refractivity contribution is -0.146. The first-order valence-corrected chi connectivity index (χ1v) is 6.69. The molecule has 4 heteroatoms. The minimum Gasteiger partial charge on any atom is -0.481 e. The number of benzene rings is 1. The monoisotopic (exact) mass is 265 g/mol. The lowest BCUT2D eigenvalue weighted by Crippen LogP contribution is -2.49. The van der Waals surface area contributed by atoms with Crippen LogP contribution in [0.1, 0.15) is 32.3 Å². The van der Waals surface area contributed by atoms with Gasteiger partial charge in [-0.2, -0.15) is 0 Å². The number of carbonyl (C=O) groups is 1. The fourth-order valence-electron chi connectivity index (χ4n) is 2.83. The van der Waals surface area contributed by atoms with Crippen LogP contribution in [-0.4, -0.2) is 35.1 Å². The van der Waals surface area contributed by atoms with Crippen molar-refractivity contribution in [2.24, 2.45) is 0 Å². The zero-order valence-electron chi connectivity index (χ0n) is 11.4. The summed E-state index contributed by atoms with van der Waals surface area (Å²) in [5.41, 5.74) is -0.351. The number of hydrogen-bond donors (Lipinski definition) is 1. The lowest BCUT2D eigenvalue weighted by Gasteiger charge is -2.40. The van der Waals surface area contributed by atoms with Crippen molar-refractivity contribution in [3.63, 3.8) is 0 Å². The van der Waals surface area contributed by atoms with Gasteiger partial charge in [-0.1, -0.05) is 12.1 Å². The van der Waals surface area contributed by atoms with E-state index in [2.05, 4.69) is 18.7 Å². The molecule has 0 unspecified atom stereocenters. The Labute approximate surface area is 113 Å². The molecular formula is C15H20FNO2. The van der Waals surface area contributed by atoms with Crippen LogP contribution in [0.3, 0.4) is 0 Å². The van der Waals surface area contributed by atoms with Crippen molar-refractivity contribution < 1.29 is 14.3 Å². The van der Waals surface area contributed by atoms with Crippen molar-refractivity contribution in [2.75, 3.05) is 13.1 Å². The van der Waals surface area contributed by atoms with Gasteiger partial charge in [-0.3, -0.25) is 4.79 Å². The van der Waals surface area contributed by atoms with Gasteiger partial charge in [-0.25, -0.2) is 4.39 Å². The van der Waals surface area contributed by atoms with Crippen LogP contribution in [-0.2, 0) is 10.2 Å². The van der Waals surface area contributed by atoms with Gasteiger partial charge in [0, 0.05) is 6.04 Å². The minimum atomic E-state index is -0.937. The molecule has 0 amide bonds. The zero-order chi connectivity index (χ0) is 14.0. The molecule has 0 atom stereocenters. The molecule has 0 radical (unpaired) electrons. The third-order valence-corrected chi connectivity index (χ3v) is 4.17. The smallest absolute Gasteiger partial charge is 0.314 e. The number of halogens is 1. The number of hydrogen-bond acceptors (Lipinski definition) is 2. The van der Waals surface area contributed by atoms with Crippen molar-refractivity contribution in [1.82, 2.24) is 4.90 Å². The second-order valence-electron chi connectivity index (χ2n) is 5.53. The Morgan fingerprint density at radius 2 is 2.00 bits per heavy atom. The summed E-state index contributed by atoms with van der Waals surface area (Å²) >= 11 is 0. The van der Waals surface area contributed by atoms with Crippen LogP contribution in [0.2, 0.25) is 0 Å². The van der Waals surface area contributed by atoms with Crippen molar-refractivity contribution in [2.45, 2.75) is 38.1 Å².